The van der Waals surface area contributed by atoms with Crippen LogP contribution in [-0.2, 0) is 20.8 Å². The van der Waals surface area contributed by atoms with Crippen molar-refractivity contribution in [2.45, 2.75) is 39.7 Å². The normalized spacial score (nSPS) is 12.8. The van der Waals surface area contributed by atoms with Crippen molar-refractivity contribution < 1.29 is 28.3 Å². The number of carbonyl (C=O) groups excluding carboxylic acids is 2. The molecule has 192 valence electrons. The van der Waals surface area contributed by atoms with Crippen LogP contribution in [0.1, 0.15) is 31.4 Å². The molecule has 2 atom stereocenters. The van der Waals surface area contributed by atoms with Gasteiger partial charge in [-0.05, 0) is 30.0 Å². The number of hydrogen-bond acceptors (Lipinski definition) is 6. The van der Waals surface area contributed by atoms with E-state index in [1.165, 1.54) is 0 Å². The molecule has 9 nitrogen and oxygen atoms in total. The summed E-state index contributed by atoms with van der Waals surface area (Å²) in [6, 6.07) is 12.2. The summed E-state index contributed by atoms with van der Waals surface area (Å²) in [6.07, 6.45) is 1.93. The maximum absolute atomic E-state index is 12.7. The molecule has 4 rings (SSSR count). The third-order valence-electron chi connectivity index (χ3n) is 6.65. The predicted octanol–water partition coefficient (Wildman–Crippen LogP) is 3.79. The van der Waals surface area contributed by atoms with Gasteiger partial charge >= 0.3 is 11.6 Å². The van der Waals surface area contributed by atoms with Gasteiger partial charge in [0.15, 0.2) is 0 Å². The second-order valence-electron chi connectivity index (χ2n) is 9.08. The first kappa shape index (κ1) is 25.7. The lowest BCUT2D eigenvalue weighted by Crippen LogP contribution is -2.48. The Morgan fingerprint density at radius 3 is 2.43 bits per heavy atom. The topological polar surface area (TPSA) is 139 Å². The third-order valence-corrected chi connectivity index (χ3v) is 6.65. The van der Waals surface area contributed by atoms with Crippen molar-refractivity contribution in [3.05, 3.63) is 70.3 Å². The van der Waals surface area contributed by atoms with Crippen LogP contribution in [0.2, 0.25) is 0 Å². The molecule has 0 spiro atoms. The zero-order chi connectivity index (χ0) is 26.7. The van der Waals surface area contributed by atoms with Gasteiger partial charge in [-0.2, -0.15) is 0 Å². The number of carbonyl (C=O) groups is 3. The molecule has 2 amide bonds. The van der Waals surface area contributed by atoms with Gasteiger partial charge in [-0.15, -0.1) is 0 Å². The van der Waals surface area contributed by atoms with Gasteiger partial charge in [0.05, 0.1) is 24.8 Å². The number of amides is 2. The molecule has 0 saturated heterocycles. The Balaban J connectivity index is 1.54. The molecule has 4 aromatic rings. The highest BCUT2D eigenvalue weighted by molar-refractivity contribution is 6.02. The molecule has 0 fully saturated rings. The molecule has 0 saturated carbocycles. The SMILES string of the molecule is CC[C@H](C)[C@@H](NC(=O)CNC(=O)Cc1c(C)c2cc3c(-c4ccccc4)coc3cc2oc1=O)C(=O)O. The number of benzene rings is 2. The van der Waals surface area contributed by atoms with E-state index in [2.05, 4.69) is 10.6 Å². The molecule has 9 heteroatoms. The van der Waals surface area contributed by atoms with Gasteiger partial charge in [-0.1, -0.05) is 50.6 Å². The van der Waals surface area contributed by atoms with Gasteiger partial charge in [-0.3, -0.25) is 9.59 Å². The largest absolute Gasteiger partial charge is 0.480 e. The lowest BCUT2D eigenvalue weighted by molar-refractivity contribution is -0.143. The van der Waals surface area contributed by atoms with Crippen molar-refractivity contribution in [3.8, 4) is 11.1 Å². The van der Waals surface area contributed by atoms with Crippen molar-refractivity contribution in [1.82, 2.24) is 10.6 Å². The summed E-state index contributed by atoms with van der Waals surface area (Å²) >= 11 is 0. The van der Waals surface area contributed by atoms with Crippen LogP contribution in [0.4, 0.5) is 0 Å². The Morgan fingerprint density at radius 1 is 1.03 bits per heavy atom. The van der Waals surface area contributed by atoms with Gasteiger partial charge in [0.2, 0.25) is 11.8 Å². The minimum atomic E-state index is -1.14. The van der Waals surface area contributed by atoms with Gasteiger partial charge in [0.1, 0.15) is 17.2 Å². The summed E-state index contributed by atoms with van der Waals surface area (Å²) in [5, 5.41) is 15.7. The van der Waals surface area contributed by atoms with E-state index in [-0.39, 0.29) is 17.9 Å². The number of carboxylic acid groups (broad SMARTS) is 1. The zero-order valence-corrected chi connectivity index (χ0v) is 20.8. The van der Waals surface area contributed by atoms with Crippen LogP contribution < -0.4 is 16.3 Å². The zero-order valence-electron chi connectivity index (χ0n) is 20.8. The highest BCUT2D eigenvalue weighted by atomic mass is 16.4. The Bertz CT molecular complexity index is 1540. The molecule has 0 aliphatic carbocycles. The summed E-state index contributed by atoms with van der Waals surface area (Å²) in [7, 11) is 0. The second kappa shape index (κ2) is 10.7. The van der Waals surface area contributed by atoms with Gasteiger partial charge in [-0.25, -0.2) is 9.59 Å². The number of fused-ring (bicyclic) bond motifs is 2. The van der Waals surface area contributed by atoms with Crippen molar-refractivity contribution >= 4 is 39.7 Å². The van der Waals surface area contributed by atoms with Crippen molar-refractivity contribution in [2.24, 2.45) is 5.92 Å². The highest BCUT2D eigenvalue weighted by Crippen LogP contribution is 2.34. The summed E-state index contributed by atoms with van der Waals surface area (Å²) in [5.74, 6) is -2.60. The van der Waals surface area contributed by atoms with E-state index in [4.69, 9.17) is 8.83 Å². The monoisotopic (exact) mass is 504 g/mol. The molecule has 2 aromatic carbocycles. The van der Waals surface area contributed by atoms with Crippen LogP contribution in [-0.4, -0.2) is 35.5 Å². The fourth-order valence-corrected chi connectivity index (χ4v) is 4.27. The minimum Gasteiger partial charge on any atom is -0.480 e. The fourth-order valence-electron chi connectivity index (χ4n) is 4.27. The summed E-state index contributed by atoms with van der Waals surface area (Å²) in [4.78, 5) is 48.9. The van der Waals surface area contributed by atoms with Crippen molar-refractivity contribution in [2.75, 3.05) is 6.54 Å². The molecule has 0 unspecified atom stereocenters. The van der Waals surface area contributed by atoms with Crippen LogP contribution >= 0.6 is 0 Å². The molecule has 0 bridgehead atoms. The van der Waals surface area contributed by atoms with Crippen LogP contribution in [0, 0.1) is 12.8 Å². The second-order valence-corrected chi connectivity index (χ2v) is 9.08. The first-order chi connectivity index (χ1) is 17.7. The standard InChI is InChI=1S/C28H28N2O7/c1-4-15(2)26(27(33)34)30-25(32)13-29-24(31)11-19-16(3)18-10-20-21(17-8-6-5-7-9-17)14-36-22(20)12-23(18)37-28(19)35/h5-10,12,14-15,26H,4,11,13H2,1-3H3,(H,29,31)(H,30,32)(H,33,34)/t15-,26+/m0/s1. The average molecular weight is 505 g/mol. The first-order valence-electron chi connectivity index (χ1n) is 12.0. The average Bonchev–Trinajstić information content (AvgIpc) is 3.30. The van der Waals surface area contributed by atoms with Gasteiger partial charge in [0.25, 0.3) is 0 Å². The van der Waals surface area contributed by atoms with E-state index in [1.807, 2.05) is 43.3 Å². The van der Waals surface area contributed by atoms with E-state index >= 15 is 0 Å². The maximum Gasteiger partial charge on any atom is 0.340 e. The number of nitrogens with one attached hydrogen (secondary N) is 2. The van der Waals surface area contributed by atoms with E-state index in [0.29, 0.717) is 28.5 Å². The number of furan rings is 1. The number of aliphatic carboxylic acids is 1. The molecule has 3 N–H and O–H groups in total. The van der Waals surface area contributed by atoms with Crippen molar-refractivity contribution in [3.63, 3.8) is 0 Å². The number of rotatable bonds is 9. The van der Waals surface area contributed by atoms with Crippen LogP contribution in [0.15, 0.2) is 62.4 Å². The van der Waals surface area contributed by atoms with E-state index in [1.54, 1.807) is 26.2 Å². The number of aryl methyl sites for hydroxylation is 1. The summed E-state index contributed by atoms with van der Waals surface area (Å²) in [6.45, 7) is 4.88. The Hall–Kier alpha value is -4.40. The van der Waals surface area contributed by atoms with E-state index in [9.17, 15) is 24.3 Å². The predicted molar refractivity (Wildman–Crippen MR) is 138 cm³/mol. The third kappa shape index (κ3) is 5.40. The quantitative estimate of drug-likeness (QED) is 0.295. The molecule has 2 heterocycles. The van der Waals surface area contributed by atoms with Crippen LogP contribution in [0.5, 0.6) is 0 Å². The smallest absolute Gasteiger partial charge is 0.340 e. The Kier molecular flexibility index (Phi) is 7.42. The van der Waals surface area contributed by atoms with Gasteiger partial charge < -0.3 is 24.6 Å². The first-order valence-corrected chi connectivity index (χ1v) is 12.0. The molecule has 2 aromatic heterocycles. The van der Waals surface area contributed by atoms with E-state index in [0.717, 1.165) is 16.5 Å². The number of hydrogen-bond donors (Lipinski definition) is 3. The van der Waals surface area contributed by atoms with Crippen LogP contribution in [0.3, 0.4) is 0 Å². The fraction of sp³-hybridized carbons (Fsp3) is 0.286. The van der Waals surface area contributed by atoms with E-state index < -0.39 is 36.0 Å². The molecule has 0 aliphatic rings. The molecule has 0 radical (unpaired) electrons. The number of carboxylic acids is 1. The lowest BCUT2D eigenvalue weighted by atomic mass is 9.99. The summed E-state index contributed by atoms with van der Waals surface area (Å²) in [5.41, 5.74) is 2.91. The molecule has 37 heavy (non-hydrogen) atoms. The maximum atomic E-state index is 12.7. The van der Waals surface area contributed by atoms with Crippen LogP contribution in [0.25, 0.3) is 33.1 Å². The highest BCUT2D eigenvalue weighted by Gasteiger charge is 2.25. The van der Waals surface area contributed by atoms with Gasteiger partial charge in [0, 0.05) is 22.4 Å². The molecular formula is C28H28N2O7. The lowest BCUT2D eigenvalue weighted by Gasteiger charge is -2.20. The Labute approximate surface area is 212 Å². The summed E-state index contributed by atoms with van der Waals surface area (Å²) < 4.78 is 11.2. The molecular weight excluding hydrogens is 476 g/mol. The van der Waals surface area contributed by atoms with Crippen molar-refractivity contribution in [1.29, 1.82) is 0 Å². The minimum absolute atomic E-state index is 0.178. The Morgan fingerprint density at radius 2 is 1.76 bits per heavy atom. The molecule has 0 aliphatic heterocycles.